The molecule has 1 aliphatic rings. The number of para-hydroxylation sites is 2. The van der Waals surface area contributed by atoms with Gasteiger partial charge in [-0.1, -0.05) is 31.4 Å². The van der Waals surface area contributed by atoms with Crippen molar-refractivity contribution in [3.05, 3.63) is 30.6 Å². The Labute approximate surface area is 192 Å². The molecule has 2 N–H and O–H groups in total. The number of nitrogens with zero attached hydrogens (tertiary/aromatic N) is 3. The summed E-state index contributed by atoms with van der Waals surface area (Å²) in [4.78, 5) is 24.9. The first-order valence-corrected chi connectivity index (χ1v) is 10.5. The number of hydrogen-bond acceptors (Lipinski definition) is 4. The second kappa shape index (κ2) is 13.8. The van der Waals surface area contributed by atoms with E-state index in [1.165, 1.54) is 63.7 Å². The van der Waals surface area contributed by atoms with E-state index in [0.717, 1.165) is 12.1 Å². The Morgan fingerprint density at radius 3 is 1.79 bits per heavy atom. The summed E-state index contributed by atoms with van der Waals surface area (Å²) in [6, 6.07) is 8.40. The number of likely N-dealkylation sites (tertiary alicyclic amines) is 1. The molecule has 0 bridgehead atoms. The van der Waals surface area contributed by atoms with Gasteiger partial charge in [-0.3, -0.25) is 0 Å². The van der Waals surface area contributed by atoms with Gasteiger partial charge in [0, 0.05) is 6.54 Å². The quantitative estimate of drug-likeness (QED) is 0.578. The predicted molar refractivity (Wildman–Crippen MR) is 111 cm³/mol. The first kappa shape index (κ1) is 29.2. The molecule has 2 heterocycles. The number of fused-ring (bicyclic) bond motifs is 1. The summed E-state index contributed by atoms with van der Waals surface area (Å²) in [5.74, 6) is -5.51. The lowest BCUT2D eigenvalue weighted by Gasteiger charge is -2.24. The van der Waals surface area contributed by atoms with E-state index in [-0.39, 0.29) is 0 Å². The van der Waals surface area contributed by atoms with E-state index in [0.29, 0.717) is 0 Å². The zero-order valence-corrected chi connectivity index (χ0v) is 18.3. The maximum absolute atomic E-state index is 10.6. The number of aryl methyl sites for hydroxylation is 1. The molecular formula is C21H27F6N3O4. The van der Waals surface area contributed by atoms with E-state index < -0.39 is 24.3 Å². The van der Waals surface area contributed by atoms with Gasteiger partial charge in [-0.2, -0.15) is 26.3 Å². The van der Waals surface area contributed by atoms with E-state index in [1.54, 1.807) is 0 Å². The lowest BCUT2D eigenvalue weighted by atomic mass is 10.1. The summed E-state index contributed by atoms with van der Waals surface area (Å²) in [7, 11) is 0. The second-order valence-electron chi connectivity index (χ2n) is 7.50. The molecule has 1 aliphatic heterocycles. The van der Waals surface area contributed by atoms with Crippen LogP contribution in [0.5, 0.6) is 0 Å². The van der Waals surface area contributed by atoms with Crippen molar-refractivity contribution in [2.45, 2.75) is 57.4 Å². The number of carbonyl (C=O) groups is 2. The molecule has 0 radical (unpaired) electrons. The highest BCUT2D eigenvalue weighted by Crippen LogP contribution is 2.15. The highest BCUT2D eigenvalue weighted by atomic mass is 19.4. The number of alkyl halides is 6. The van der Waals surface area contributed by atoms with Crippen LogP contribution in [-0.2, 0) is 16.1 Å². The number of hydrogen-bond donors (Lipinski definition) is 2. The molecule has 3 rings (SSSR count). The van der Waals surface area contributed by atoms with Gasteiger partial charge in [-0.05, 0) is 51.0 Å². The van der Waals surface area contributed by atoms with Crippen LogP contribution in [0.15, 0.2) is 30.6 Å². The first-order valence-electron chi connectivity index (χ1n) is 10.5. The Morgan fingerprint density at radius 2 is 1.29 bits per heavy atom. The van der Waals surface area contributed by atoms with Crippen LogP contribution in [0.3, 0.4) is 0 Å². The average Bonchev–Trinajstić information content (AvgIpc) is 3.12. The van der Waals surface area contributed by atoms with Crippen LogP contribution in [0.2, 0.25) is 0 Å². The number of imidazole rings is 1. The highest BCUT2D eigenvalue weighted by molar-refractivity contribution is 5.75. The van der Waals surface area contributed by atoms with Crippen LogP contribution >= 0.6 is 0 Å². The third-order valence-electron chi connectivity index (χ3n) is 4.83. The predicted octanol–water partition coefficient (Wildman–Crippen LogP) is 4.96. The molecule has 2 aromatic rings. The molecular weight excluding hydrogens is 472 g/mol. The van der Waals surface area contributed by atoms with E-state index in [2.05, 4.69) is 38.7 Å². The number of halogens is 6. The number of rotatable bonds is 4. The number of aromatic nitrogens is 2. The third kappa shape index (κ3) is 11.3. The van der Waals surface area contributed by atoms with Crippen molar-refractivity contribution in [2.75, 3.05) is 19.6 Å². The normalized spacial score (nSPS) is 15.2. The van der Waals surface area contributed by atoms with Crippen LogP contribution < -0.4 is 0 Å². The molecule has 13 heteroatoms. The van der Waals surface area contributed by atoms with Gasteiger partial charge in [-0.15, -0.1) is 0 Å². The zero-order chi connectivity index (χ0) is 25.8. The minimum absolute atomic E-state index is 1.08. The highest BCUT2D eigenvalue weighted by Gasteiger charge is 2.38. The van der Waals surface area contributed by atoms with Crippen LogP contribution in [0, 0.1) is 0 Å². The summed E-state index contributed by atoms with van der Waals surface area (Å²) in [6.07, 6.45) is 0.0840. The summed E-state index contributed by atoms with van der Waals surface area (Å²) in [6.45, 7) is 4.90. The van der Waals surface area contributed by atoms with Gasteiger partial charge in [-0.25, -0.2) is 14.6 Å². The smallest absolute Gasteiger partial charge is 0.475 e. The summed E-state index contributed by atoms with van der Waals surface area (Å²) < 4.78 is 65.8. The van der Waals surface area contributed by atoms with Gasteiger partial charge in [0.15, 0.2) is 0 Å². The van der Waals surface area contributed by atoms with Crippen molar-refractivity contribution in [2.24, 2.45) is 0 Å². The minimum atomic E-state index is -5.08. The van der Waals surface area contributed by atoms with Crippen LogP contribution in [0.1, 0.15) is 38.5 Å². The van der Waals surface area contributed by atoms with Gasteiger partial charge in [0.05, 0.1) is 17.4 Å². The van der Waals surface area contributed by atoms with Gasteiger partial charge in [0.2, 0.25) is 0 Å². The molecule has 0 saturated carbocycles. The number of carboxylic acids is 2. The molecule has 0 unspecified atom stereocenters. The van der Waals surface area contributed by atoms with Crippen LogP contribution in [0.4, 0.5) is 26.3 Å². The van der Waals surface area contributed by atoms with Crippen molar-refractivity contribution < 1.29 is 46.1 Å². The number of aliphatic carboxylic acids is 2. The molecule has 0 atom stereocenters. The molecule has 1 aromatic heterocycles. The van der Waals surface area contributed by atoms with E-state index in [4.69, 9.17) is 19.8 Å². The SMILES string of the molecule is O=C(O)C(F)(F)F.O=C(O)C(F)(F)F.c1ccc2c(c1)ncn2CCCN1CCCCCCC1. The summed E-state index contributed by atoms with van der Waals surface area (Å²) >= 11 is 0. The number of carboxylic acid groups (broad SMARTS) is 2. The van der Waals surface area contributed by atoms with Crippen molar-refractivity contribution in [1.29, 1.82) is 0 Å². The van der Waals surface area contributed by atoms with Crippen molar-refractivity contribution >= 4 is 23.0 Å². The monoisotopic (exact) mass is 499 g/mol. The van der Waals surface area contributed by atoms with E-state index in [9.17, 15) is 26.3 Å². The molecule has 1 saturated heterocycles. The molecule has 0 aliphatic carbocycles. The molecule has 192 valence electrons. The molecule has 0 spiro atoms. The van der Waals surface area contributed by atoms with Gasteiger partial charge >= 0.3 is 24.3 Å². The molecule has 0 amide bonds. The largest absolute Gasteiger partial charge is 0.490 e. The fraction of sp³-hybridized carbons (Fsp3) is 0.571. The Bertz CT molecular complexity index is 866. The lowest BCUT2D eigenvalue weighted by molar-refractivity contribution is -0.193. The number of benzene rings is 1. The Balaban J connectivity index is 0.000000343. The minimum Gasteiger partial charge on any atom is -0.475 e. The molecule has 34 heavy (non-hydrogen) atoms. The molecule has 7 nitrogen and oxygen atoms in total. The average molecular weight is 499 g/mol. The van der Waals surface area contributed by atoms with Gasteiger partial charge in [0.25, 0.3) is 0 Å². The Hall–Kier alpha value is -2.83. The van der Waals surface area contributed by atoms with Crippen molar-refractivity contribution in [3.8, 4) is 0 Å². The third-order valence-corrected chi connectivity index (χ3v) is 4.83. The Kier molecular flexibility index (Phi) is 11.8. The maximum atomic E-state index is 10.6. The fourth-order valence-corrected chi connectivity index (χ4v) is 3.19. The van der Waals surface area contributed by atoms with Crippen LogP contribution in [-0.4, -0.2) is 68.6 Å². The lowest BCUT2D eigenvalue weighted by Crippen LogP contribution is -2.29. The molecule has 1 aromatic carbocycles. The van der Waals surface area contributed by atoms with Crippen molar-refractivity contribution in [1.82, 2.24) is 14.5 Å². The zero-order valence-electron chi connectivity index (χ0n) is 18.3. The first-order chi connectivity index (χ1) is 15.8. The topological polar surface area (TPSA) is 95.7 Å². The summed E-state index contributed by atoms with van der Waals surface area (Å²) in [5.41, 5.74) is 2.37. The van der Waals surface area contributed by atoms with Crippen molar-refractivity contribution in [3.63, 3.8) is 0 Å². The second-order valence-corrected chi connectivity index (χ2v) is 7.50. The van der Waals surface area contributed by atoms with Gasteiger partial charge in [0.1, 0.15) is 0 Å². The van der Waals surface area contributed by atoms with E-state index in [1.807, 2.05) is 6.33 Å². The fourth-order valence-electron chi connectivity index (χ4n) is 3.19. The van der Waals surface area contributed by atoms with Crippen LogP contribution in [0.25, 0.3) is 11.0 Å². The molecule has 1 fully saturated rings. The standard InChI is InChI=1S/C17H25N3.2C2HF3O2/c1-2-6-11-19(12-7-3-1)13-8-14-20-15-18-16-9-4-5-10-17(16)20;2*3-2(4,5)1(6)7/h4-5,9-10,15H,1-3,6-8,11-14H2;2*(H,6,7). The summed E-state index contributed by atoms with van der Waals surface area (Å²) in [5, 5.41) is 14.2. The van der Waals surface area contributed by atoms with Gasteiger partial charge < -0.3 is 19.7 Å². The maximum Gasteiger partial charge on any atom is 0.490 e. The van der Waals surface area contributed by atoms with E-state index >= 15 is 0 Å². The Morgan fingerprint density at radius 1 is 0.824 bits per heavy atom.